The fourth-order valence-electron chi connectivity index (χ4n) is 1.54. The zero-order valence-electron chi connectivity index (χ0n) is 8.62. The summed E-state index contributed by atoms with van der Waals surface area (Å²) in [6.07, 6.45) is 1.09. The maximum atomic E-state index is 5.30. The average Bonchev–Trinajstić information content (AvgIpc) is 2.49. The van der Waals surface area contributed by atoms with Gasteiger partial charge in [-0.05, 0) is 30.0 Å². The number of hydrogen-bond donors (Lipinski definition) is 0. The molecule has 1 aromatic carbocycles. The van der Waals surface area contributed by atoms with Gasteiger partial charge in [0.15, 0.2) is 11.5 Å². The van der Waals surface area contributed by atoms with E-state index in [9.17, 15) is 0 Å². The van der Waals surface area contributed by atoms with Crippen LogP contribution >= 0.6 is 0 Å². The van der Waals surface area contributed by atoms with E-state index in [1.54, 1.807) is 0 Å². The van der Waals surface area contributed by atoms with Gasteiger partial charge in [-0.2, -0.15) is 0 Å². The zero-order valence-corrected chi connectivity index (χ0v) is 11.5. The third-order valence-electron chi connectivity index (χ3n) is 2.08. The van der Waals surface area contributed by atoms with Gasteiger partial charge in [-0.25, -0.2) is 0 Å². The van der Waals surface area contributed by atoms with Crippen molar-refractivity contribution in [1.82, 2.24) is 0 Å². The van der Waals surface area contributed by atoms with Gasteiger partial charge in [0.1, 0.15) is 0 Å². The molecule has 0 aliphatic carbocycles. The summed E-state index contributed by atoms with van der Waals surface area (Å²) in [5, 5.41) is 0. The molecule has 0 unspecified atom stereocenters. The smallest absolute Gasteiger partial charge is 0.231 e. The molecule has 2 nitrogen and oxygen atoms in total. The van der Waals surface area contributed by atoms with Crippen molar-refractivity contribution in [2.75, 3.05) is 6.79 Å². The van der Waals surface area contributed by atoms with Gasteiger partial charge in [-0.15, -0.1) is 0 Å². The molecule has 3 heteroatoms. The summed E-state index contributed by atoms with van der Waals surface area (Å²) in [6, 6.07) is 6.16. The maximum absolute atomic E-state index is 5.30. The minimum atomic E-state index is 0. The minimum absolute atomic E-state index is 0. The predicted molar refractivity (Wildman–Crippen MR) is 51.1 cm³/mol. The van der Waals surface area contributed by atoms with Crippen LogP contribution in [-0.2, 0) is 39.1 Å². The van der Waals surface area contributed by atoms with Crippen LogP contribution in [0.5, 0.6) is 11.5 Å². The van der Waals surface area contributed by atoms with E-state index in [0.717, 1.165) is 17.9 Å². The summed E-state index contributed by atoms with van der Waals surface area (Å²) in [7, 11) is 0. The Bertz CT molecular complexity index is 310. The first-order chi connectivity index (χ1) is 6.25. The average molecular weight is 267 g/mol. The molecule has 0 amide bonds. The van der Waals surface area contributed by atoms with Crippen LogP contribution in [0.3, 0.4) is 0 Å². The molecule has 14 heavy (non-hydrogen) atoms. The second-order valence-corrected chi connectivity index (χ2v) is 3.79. The van der Waals surface area contributed by atoms with E-state index in [-0.39, 0.29) is 32.7 Å². The van der Waals surface area contributed by atoms with Crippen LogP contribution in [0.4, 0.5) is 0 Å². The van der Waals surface area contributed by atoms with Gasteiger partial charge >= 0.3 is 0 Å². The van der Waals surface area contributed by atoms with Crippen LogP contribution in [0, 0.1) is 5.92 Å². The Morgan fingerprint density at radius 3 is 2.64 bits per heavy atom. The Morgan fingerprint density at radius 2 is 1.93 bits per heavy atom. The van der Waals surface area contributed by atoms with Gasteiger partial charge in [-0.3, -0.25) is 0 Å². The first-order valence-electron chi connectivity index (χ1n) is 4.64. The number of fused-ring (bicyclic) bond motifs is 1. The molecule has 0 fully saturated rings. The minimum Gasteiger partial charge on any atom is -0.454 e. The van der Waals surface area contributed by atoms with Crippen LogP contribution in [0.25, 0.3) is 0 Å². The van der Waals surface area contributed by atoms with E-state index in [2.05, 4.69) is 26.0 Å². The summed E-state index contributed by atoms with van der Waals surface area (Å²) >= 11 is 0. The second kappa shape index (κ2) is 5.13. The van der Waals surface area contributed by atoms with E-state index in [4.69, 9.17) is 9.47 Å². The number of rotatable bonds is 2. The molecule has 73 valence electrons. The molecule has 1 heterocycles. The predicted octanol–water partition coefficient (Wildman–Crippen LogP) is 2.61. The first kappa shape index (κ1) is 12.0. The van der Waals surface area contributed by atoms with Crippen LogP contribution in [0.2, 0.25) is 0 Å². The van der Waals surface area contributed by atoms with Gasteiger partial charge in [0.25, 0.3) is 0 Å². The normalized spacial score (nSPS) is 12.8. The summed E-state index contributed by atoms with van der Waals surface area (Å²) < 4.78 is 10.5. The fourth-order valence-corrected chi connectivity index (χ4v) is 1.54. The van der Waals surface area contributed by atoms with Gasteiger partial charge in [-0.1, -0.05) is 19.9 Å². The van der Waals surface area contributed by atoms with Gasteiger partial charge in [0.2, 0.25) is 6.79 Å². The van der Waals surface area contributed by atoms with Crippen molar-refractivity contribution in [3.8, 4) is 11.5 Å². The Labute approximate surface area is 110 Å². The van der Waals surface area contributed by atoms with E-state index >= 15 is 0 Å². The molecular weight excluding hydrogens is 253 g/mol. The Morgan fingerprint density at radius 1 is 1.21 bits per heavy atom. The van der Waals surface area contributed by atoms with Crippen LogP contribution < -0.4 is 9.47 Å². The molecule has 0 atom stereocenters. The molecule has 0 N–H and O–H groups in total. The van der Waals surface area contributed by atoms with Crippen LogP contribution in [0.1, 0.15) is 19.4 Å². The molecule has 0 saturated carbocycles. The third-order valence-corrected chi connectivity index (χ3v) is 2.08. The van der Waals surface area contributed by atoms with Crippen molar-refractivity contribution in [2.45, 2.75) is 20.3 Å². The van der Waals surface area contributed by atoms with Crippen molar-refractivity contribution < 1.29 is 42.2 Å². The maximum Gasteiger partial charge on any atom is 0.231 e. The Balaban J connectivity index is 0.000000980. The SMILES string of the molecule is CC(C)Cc1ccc2c(c1)OCO2.[Y]. The molecular formula is C11H14O2Y. The standard InChI is InChI=1S/C11H14O2.Y/c1-8(2)5-9-3-4-10-11(6-9)13-7-12-10;/h3-4,6,8H,5,7H2,1-2H3;. The number of ether oxygens (including phenoxy) is 2. The zero-order chi connectivity index (χ0) is 9.26. The second-order valence-electron chi connectivity index (χ2n) is 3.79. The quantitative estimate of drug-likeness (QED) is 0.820. The summed E-state index contributed by atoms with van der Waals surface area (Å²) in [6.45, 7) is 4.79. The summed E-state index contributed by atoms with van der Waals surface area (Å²) in [5.74, 6) is 2.44. The fraction of sp³-hybridized carbons (Fsp3) is 0.455. The van der Waals surface area contributed by atoms with E-state index in [1.807, 2.05) is 6.07 Å². The number of benzene rings is 1. The van der Waals surface area contributed by atoms with Crippen molar-refractivity contribution in [3.63, 3.8) is 0 Å². The van der Waals surface area contributed by atoms with Crippen molar-refractivity contribution in [1.29, 1.82) is 0 Å². The number of hydrogen-bond acceptors (Lipinski definition) is 2. The molecule has 0 aromatic heterocycles. The Kier molecular flexibility index (Phi) is 4.40. The van der Waals surface area contributed by atoms with Gasteiger partial charge in [0, 0.05) is 32.7 Å². The molecule has 1 radical (unpaired) electrons. The van der Waals surface area contributed by atoms with E-state index < -0.39 is 0 Å². The van der Waals surface area contributed by atoms with E-state index in [1.165, 1.54) is 5.56 Å². The van der Waals surface area contributed by atoms with E-state index in [0.29, 0.717) is 12.7 Å². The molecule has 0 spiro atoms. The molecule has 2 rings (SSSR count). The van der Waals surface area contributed by atoms with Gasteiger partial charge in [0.05, 0.1) is 0 Å². The molecule has 1 aliphatic rings. The summed E-state index contributed by atoms with van der Waals surface area (Å²) in [5.41, 5.74) is 1.32. The van der Waals surface area contributed by atoms with Crippen molar-refractivity contribution in [2.24, 2.45) is 5.92 Å². The van der Waals surface area contributed by atoms with Crippen molar-refractivity contribution in [3.05, 3.63) is 23.8 Å². The largest absolute Gasteiger partial charge is 0.454 e. The van der Waals surface area contributed by atoms with Crippen LogP contribution in [0.15, 0.2) is 18.2 Å². The monoisotopic (exact) mass is 267 g/mol. The van der Waals surface area contributed by atoms with Gasteiger partial charge < -0.3 is 9.47 Å². The Hall–Kier alpha value is -0.0761. The topological polar surface area (TPSA) is 18.5 Å². The summed E-state index contributed by atoms with van der Waals surface area (Å²) in [4.78, 5) is 0. The van der Waals surface area contributed by atoms with Crippen LogP contribution in [-0.4, -0.2) is 6.79 Å². The third kappa shape index (κ3) is 2.71. The molecule has 0 bridgehead atoms. The first-order valence-corrected chi connectivity index (χ1v) is 4.64. The van der Waals surface area contributed by atoms with Crippen molar-refractivity contribution >= 4 is 0 Å². The molecule has 1 aliphatic heterocycles. The molecule has 0 saturated heterocycles. The molecule has 1 aromatic rings.